The zero-order valence-corrected chi connectivity index (χ0v) is 13.3. The fourth-order valence-electron chi connectivity index (χ4n) is 2.91. The van der Waals surface area contributed by atoms with E-state index in [4.69, 9.17) is 16.3 Å². The third-order valence-corrected chi connectivity index (χ3v) is 4.21. The van der Waals surface area contributed by atoms with Crippen molar-refractivity contribution in [2.75, 3.05) is 6.61 Å². The molecule has 0 spiro atoms. The summed E-state index contributed by atoms with van der Waals surface area (Å²) >= 11 is 6.02. The fourth-order valence-corrected chi connectivity index (χ4v) is 3.08. The molecule has 1 aromatic carbocycles. The zero-order valence-electron chi connectivity index (χ0n) is 12.5. The standard InChI is InChI=1S/C16H13ClF2N4O/c17-16-21-14(10-5-4-9(18)7-12(10)19)11-8-20-23(15(11)22-16)13-3-1-2-6-24-13/h4-5,7-8,13H,1-3,6H2. The van der Waals surface area contributed by atoms with E-state index in [1.807, 2.05) is 0 Å². The monoisotopic (exact) mass is 350 g/mol. The van der Waals surface area contributed by atoms with Gasteiger partial charge in [0.25, 0.3) is 0 Å². The molecule has 4 rings (SSSR count). The molecule has 3 aromatic rings. The van der Waals surface area contributed by atoms with Crippen LogP contribution in [0.3, 0.4) is 0 Å². The maximum atomic E-state index is 14.2. The van der Waals surface area contributed by atoms with Crippen molar-refractivity contribution >= 4 is 22.6 Å². The van der Waals surface area contributed by atoms with E-state index in [2.05, 4.69) is 15.1 Å². The first-order valence-electron chi connectivity index (χ1n) is 7.61. The smallest absolute Gasteiger partial charge is 0.225 e. The molecule has 5 nitrogen and oxygen atoms in total. The van der Waals surface area contributed by atoms with Crippen LogP contribution in [0, 0.1) is 11.6 Å². The van der Waals surface area contributed by atoms with Crippen molar-refractivity contribution < 1.29 is 13.5 Å². The van der Waals surface area contributed by atoms with Crippen LogP contribution in [-0.2, 0) is 4.74 Å². The van der Waals surface area contributed by atoms with E-state index in [-0.39, 0.29) is 22.8 Å². The van der Waals surface area contributed by atoms with Crippen LogP contribution in [0.25, 0.3) is 22.3 Å². The van der Waals surface area contributed by atoms with Gasteiger partial charge in [0.15, 0.2) is 11.9 Å². The minimum Gasteiger partial charge on any atom is -0.356 e. The summed E-state index contributed by atoms with van der Waals surface area (Å²) in [6, 6.07) is 3.32. The zero-order chi connectivity index (χ0) is 16.7. The molecule has 0 saturated carbocycles. The van der Waals surface area contributed by atoms with Crippen LogP contribution in [-0.4, -0.2) is 26.4 Å². The molecule has 8 heteroatoms. The molecule has 1 fully saturated rings. The molecule has 1 aliphatic rings. The van der Waals surface area contributed by atoms with Gasteiger partial charge in [-0.3, -0.25) is 0 Å². The maximum Gasteiger partial charge on any atom is 0.225 e. The number of fused-ring (bicyclic) bond motifs is 1. The Bertz CT molecular complexity index is 908. The van der Waals surface area contributed by atoms with E-state index in [1.54, 1.807) is 10.9 Å². The summed E-state index contributed by atoms with van der Waals surface area (Å²) in [5.41, 5.74) is 0.903. The number of ether oxygens (including phenoxy) is 1. The van der Waals surface area contributed by atoms with Crippen molar-refractivity contribution in [3.8, 4) is 11.3 Å². The molecule has 1 saturated heterocycles. The van der Waals surface area contributed by atoms with Crippen LogP contribution in [0.2, 0.25) is 5.28 Å². The van der Waals surface area contributed by atoms with Gasteiger partial charge in [-0.15, -0.1) is 0 Å². The predicted molar refractivity (Wildman–Crippen MR) is 84.5 cm³/mol. The van der Waals surface area contributed by atoms with Gasteiger partial charge in [0.05, 0.1) is 17.3 Å². The fraction of sp³-hybridized carbons (Fsp3) is 0.312. The second-order valence-electron chi connectivity index (χ2n) is 5.61. The number of benzene rings is 1. The minimum absolute atomic E-state index is 0.0289. The van der Waals surface area contributed by atoms with Crippen molar-refractivity contribution in [3.63, 3.8) is 0 Å². The second kappa shape index (κ2) is 6.07. The number of nitrogens with zero attached hydrogens (tertiary/aromatic N) is 4. The number of halogens is 3. The summed E-state index contributed by atoms with van der Waals surface area (Å²) in [6.07, 6.45) is 4.19. The van der Waals surface area contributed by atoms with E-state index in [1.165, 1.54) is 12.1 Å². The highest BCUT2D eigenvalue weighted by atomic mass is 35.5. The lowest BCUT2D eigenvalue weighted by Gasteiger charge is -2.23. The first-order valence-corrected chi connectivity index (χ1v) is 7.99. The van der Waals surface area contributed by atoms with Gasteiger partial charge in [-0.05, 0) is 43.0 Å². The van der Waals surface area contributed by atoms with Gasteiger partial charge in [-0.25, -0.2) is 18.4 Å². The van der Waals surface area contributed by atoms with E-state index in [0.717, 1.165) is 25.3 Å². The molecule has 0 N–H and O–H groups in total. The molecule has 1 aliphatic heterocycles. The van der Waals surface area contributed by atoms with E-state index >= 15 is 0 Å². The van der Waals surface area contributed by atoms with E-state index in [9.17, 15) is 8.78 Å². The van der Waals surface area contributed by atoms with Crippen LogP contribution >= 0.6 is 11.6 Å². The normalized spacial score (nSPS) is 18.2. The Morgan fingerprint density at radius 2 is 2.08 bits per heavy atom. The summed E-state index contributed by atoms with van der Waals surface area (Å²) in [7, 11) is 0. The summed E-state index contributed by atoms with van der Waals surface area (Å²) in [6.45, 7) is 0.657. The summed E-state index contributed by atoms with van der Waals surface area (Å²) in [5.74, 6) is -1.37. The SMILES string of the molecule is Fc1ccc(-c2nc(Cl)nc3c2cnn3C2CCCCO2)c(F)c1. The lowest BCUT2D eigenvalue weighted by Crippen LogP contribution is -2.19. The van der Waals surface area contributed by atoms with Crippen molar-refractivity contribution in [2.24, 2.45) is 0 Å². The maximum absolute atomic E-state index is 14.2. The van der Waals surface area contributed by atoms with Crippen LogP contribution in [0.5, 0.6) is 0 Å². The average Bonchev–Trinajstić information content (AvgIpc) is 2.99. The molecule has 1 atom stereocenters. The van der Waals surface area contributed by atoms with Crippen LogP contribution in [0.4, 0.5) is 8.78 Å². The number of rotatable bonds is 2. The topological polar surface area (TPSA) is 52.8 Å². The Morgan fingerprint density at radius 1 is 1.21 bits per heavy atom. The number of hydrogen-bond acceptors (Lipinski definition) is 4. The van der Waals surface area contributed by atoms with Gasteiger partial charge >= 0.3 is 0 Å². The van der Waals surface area contributed by atoms with Gasteiger partial charge in [0, 0.05) is 18.2 Å². The molecule has 124 valence electrons. The minimum atomic E-state index is -0.715. The molecule has 2 aromatic heterocycles. The van der Waals surface area contributed by atoms with Gasteiger partial charge in [0.1, 0.15) is 11.6 Å². The van der Waals surface area contributed by atoms with Crippen LogP contribution in [0.1, 0.15) is 25.5 Å². The van der Waals surface area contributed by atoms with Gasteiger partial charge in [-0.2, -0.15) is 10.1 Å². The molecule has 0 radical (unpaired) electrons. The third-order valence-electron chi connectivity index (χ3n) is 4.04. The number of hydrogen-bond donors (Lipinski definition) is 0. The molecule has 3 heterocycles. The lowest BCUT2D eigenvalue weighted by molar-refractivity contribution is -0.0370. The highest BCUT2D eigenvalue weighted by Gasteiger charge is 2.22. The Hall–Kier alpha value is -2.12. The van der Waals surface area contributed by atoms with Gasteiger partial charge < -0.3 is 4.74 Å². The third kappa shape index (κ3) is 2.63. The first-order chi connectivity index (χ1) is 11.6. The molecule has 0 bridgehead atoms. The Balaban J connectivity index is 1.89. The van der Waals surface area contributed by atoms with Crippen molar-refractivity contribution in [2.45, 2.75) is 25.5 Å². The first kappa shape index (κ1) is 15.4. The van der Waals surface area contributed by atoms with Crippen molar-refractivity contribution in [1.82, 2.24) is 19.7 Å². The second-order valence-corrected chi connectivity index (χ2v) is 5.95. The Morgan fingerprint density at radius 3 is 2.83 bits per heavy atom. The Kier molecular flexibility index (Phi) is 3.90. The highest BCUT2D eigenvalue weighted by molar-refractivity contribution is 6.28. The molecular formula is C16H13ClF2N4O. The van der Waals surface area contributed by atoms with Gasteiger partial charge in [0.2, 0.25) is 5.28 Å². The molecular weight excluding hydrogens is 338 g/mol. The lowest BCUT2D eigenvalue weighted by atomic mass is 10.1. The van der Waals surface area contributed by atoms with Gasteiger partial charge in [-0.1, -0.05) is 0 Å². The summed E-state index contributed by atoms with van der Waals surface area (Å²) in [5, 5.41) is 4.84. The van der Waals surface area contributed by atoms with Crippen molar-refractivity contribution in [3.05, 3.63) is 41.3 Å². The molecule has 0 amide bonds. The average molecular weight is 351 g/mol. The Labute approximate surface area is 141 Å². The predicted octanol–water partition coefficient (Wildman–Crippen LogP) is 4.12. The van der Waals surface area contributed by atoms with Crippen molar-refractivity contribution in [1.29, 1.82) is 0 Å². The number of aromatic nitrogens is 4. The summed E-state index contributed by atoms with van der Waals surface area (Å²) < 4.78 is 34.7. The molecule has 1 unspecified atom stereocenters. The molecule has 24 heavy (non-hydrogen) atoms. The summed E-state index contributed by atoms with van der Waals surface area (Å²) in [4.78, 5) is 8.34. The quantitative estimate of drug-likeness (QED) is 0.652. The van der Waals surface area contributed by atoms with E-state index < -0.39 is 11.6 Å². The van der Waals surface area contributed by atoms with E-state index in [0.29, 0.717) is 17.6 Å². The highest BCUT2D eigenvalue weighted by Crippen LogP contribution is 2.32. The van der Waals surface area contributed by atoms with Crippen LogP contribution < -0.4 is 0 Å². The largest absolute Gasteiger partial charge is 0.356 e. The van der Waals surface area contributed by atoms with Crippen LogP contribution in [0.15, 0.2) is 24.4 Å². The molecule has 0 aliphatic carbocycles.